The predicted molar refractivity (Wildman–Crippen MR) is 107 cm³/mol. The van der Waals surface area contributed by atoms with Crippen LogP contribution in [0.2, 0.25) is 0 Å². The smallest absolute Gasteiger partial charge is 0.287 e. The van der Waals surface area contributed by atoms with Crippen LogP contribution in [0.1, 0.15) is 5.56 Å². The number of nitrogens with zero attached hydrogens (tertiary/aromatic N) is 2. The molecule has 1 N–H and O–H groups in total. The maximum absolute atomic E-state index is 12.7. The highest BCUT2D eigenvalue weighted by Gasteiger charge is 2.11. The molecule has 1 aromatic heterocycles. The number of amides is 1. The van der Waals surface area contributed by atoms with Gasteiger partial charge in [-0.1, -0.05) is 41.6 Å². The van der Waals surface area contributed by atoms with Crippen LogP contribution >= 0.6 is 11.8 Å². The quantitative estimate of drug-likeness (QED) is 0.664. The van der Waals surface area contributed by atoms with E-state index in [4.69, 9.17) is 4.74 Å². The molecule has 6 nitrogen and oxygen atoms in total. The Hall–Kier alpha value is -3.06. The first kappa shape index (κ1) is 18.7. The normalized spacial score (nSPS) is 10.4. The van der Waals surface area contributed by atoms with Crippen molar-refractivity contribution in [3.63, 3.8) is 0 Å². The number of aromatic nitrogens is 2. The molecule has 1 heterocycles. The van der Waals surface area contributed by atoms with Gasteiger partial charge in [0.05, 0.1) is 18.6 Å². The maximum Gasteiger partial charge on any atom is 0.287 e. The second-order valence-electron chi connectivity index (χ2n) is 5.78. The van der Waals surface area contributed by atoms with E-state index in [2.05, 4.69) is 10.3 Å². The summed E-state index contributed by atoms with van der Waals surface area (Å²) in [6.07, 6.45) is 3.17. The molecule has 138 valence electrons. The second-order valence-corrected chi connectivity index (χ2v) is 6.74. The average molecular weight is 381 g/mol. The zero-order chi connectivity index (χ0) is 19.2. The van der Waals surface area contributed by atoms with E-state index < -0.39 is 0 Å². The van der Waals surface area contributed by atoms with Gasteiger partial charge in [-0.2, -0.15) is 0 Å². The summed E-state index contributed by atoms with van der Waals surface area (Å²) < 4.78 is 6.73. The van der Waals surface area contributed by atoms with Gasteiger partial charge in [0.2, 0.25) is 5.91 Å². The number of ether oxygens (including phenoxy) is 1. The number of methoxy groups -OCH3 is 1. The Bertz CT molecular complexity index is 1000. The topological polar surface area (TPSA) is 73.2 Å². The van der Waals surface area contributed by atoms with Crippen LogP contribution in [0.25, 0.3) is 5.69 Å². The van der Waals surface area contributed by atoms with Crippen LogP contribution < -0.4 is 15.6 Å². The number of thioether (sulfide) groups is 1. The fraction of sp³-hybridized carbons (Fsp3) is 0.150. The lowest BCUT2D eigenvalue weighted by Gasteiger charge is -2.10. The molecule has 3 rings (SSSR count). The minimum absolute atomic E-state index is 0.0677. The highest BCUT2D eigenvalue weighted by Crippen LogP contribution is 2.23. The first-order valence-corrected chi connectivity index (χ1v) is 9.27. The molecule has 3 aromatic rings. The fourth-order valence-corrected chi connectivity index (χ4v) is 3.17. The maximum atomic E-state index is 12.7. The molecule has 7 heteroatoms. The molecule has 0 aliphatic heterocycles. The molecule has 0 aliphatic rings. The van der Waals surface area contributed by atoms with Crippen molar-refractivity contribution in [2.45, 2.75) is 11.9 Å². The van der Waals surface area contributed by atoms with Crippen molar-refractivity contribution in [3.8, 4) is 11.4 Å². The van der Waals surface area contributed by atoms with Gasteiger partial charge in [0.1, 0.15) is 5.75 Å². The molecule has 0 radical (unpaired) electrons. The summed E-state index contributed by atoms with van der Waals surface area (Å²) in [6.45, 7) is 1.99. The van der Waals surface area contributed by atoms with E-state index in [1.165, 1.54) is 4.57 Å². The van der Waals surface area contributed by atoms with Crippen LogP contribution in [-0.4, -0.2) is 28.3 Å². The largest absolute Gasteiger partial charge is 0.495 e. The SMILES string of the molecule is COc1ccccc1NC(=O)CSc1nccn(-c2ccc(C)cc2)c1=O. The minimum atomic E-state index is -0.253. The fourth-order valence-electron chi connectivity index (χ4n) is 2.47. The summed E-state index contributed by atoms with van der Waals surface area (Å²) in [7, 11) is 1.54. The third kappa shape index (κ3) is 4.57. The molecular weight excluding hydrogens is 362 g/mol. The summed E-state index contributed by atoms with van der Waals surface area (Å²) in [6, 6.07) is 14.8. The number of rotatable bonds is 6. The molecular formula is C20H19N3O3S. The number of aryl methyl sites for hydroxylation is 1. The summed E-state index contributed by atoms with van der Waals surface area (Å²) in [4.78, 5) is 29.0. The lowest BCUT2D eigenvalue weighted by molar-refractivity contribution is -0.113. The molecule has 0 spiro atoms. The number of carbonyl (C=O) groups excluding carboxylic acids is 1. The standard InChI is InChI=1S/C20H19N3O3S/c1-14-7-9-15(10-8-14)23-12-11-21-19(20(23)25)27-13-18(24)22-16-5-3-4-6-17(16)26-2/h3-12H,13H2,1-2H3,(H,22,24). The summed E-state index contributed by atoms with van der Waals surface area (Å²) in [5.41, 5.74) is 2.21. The zero-order valence-electron chi connectivity index (χ0n) is 15.0. The van der Waals surface area contributed by atoms with Crippen molar-refractivity contribution in [1.82, 2.24) is 9.55 Å². The highest BCUT2D eigenvalue weighted by molar-refractivity contribution is 7.99. The first-order chi connectivity index (χ1) is 13.1. The van der Waals surface area contributed by atoms with E-state index in [0.29, 0.717) is 11.4 Å². The van der Waals surface area contributed by atoms with Crippen LogP contribution in [0.3, 0.4) is 0 Å². The Balaban J connectivity index is 1.71. The molecule has 2 aromatic carbocycles. The van der Waals surface area contributed by atoms with Gasteiger partial charge in [-0.25, -0.2) is 4.98 Å². The molecule has 0 bridgehead atoms. The Morgan fingerprint density at radius 3 is 2.67 bits per heavy atom. The van der Waals surface area contributed by atoms with Gasteiger partial charge < -0.3 is 10.1 Å². The molecule has 27 heavy (non-hydrogen) atoms. The minimum Gasteiger partial charge on any atom is -0.495 e. The molecule has 0 unspecified atom stereocenters. The number of para-hydroxylation sites is 2. The monoisotopic (exact) mass is 381 g/mol. The molecule has 0 saturated carbocycles. The average Bonchev–Trinajstić information content (AvgIpc) is 2.68. The van der Waals surface area contributed by atoms with Gasteiger partial charge >= 0.3 is 0 Å². The Morgan fingerprint density at radius 1 is 1.19 bits per heavy atom. The van der Waals surface area contributed by atoms with Crippen molar-refractivity contribution in [3.05, 3.63) is 76.8 Å². The summed E-state index contributed by atoms with van der Waals surface area (Å²) in [5.74, 6) is 0.407. The first-order valence-electron chi connectivity index (χ1n) is 8.29. The number of benzene rings is 2. The van der Waals surface area contributed by atoms with Crippen molar-refractivity contribution in [2.75, 3.05) is 18.2 Å². The van der Waals surface area contributed by atoms with Gasteiger partial charge in [0, 0.05) is 18.1 Å². The van der Waals surface area contributed by atoms with Gasteiger partial charge in [-0.15, -0.1) is 0 Å². The van der Waals surface area contributed by atoms with Crippen LogP contribution in [0.15, 0.2) is 70.7 Å². The van der Waals surface area contributed by atoms with Crippen LogP contribution in [0.4, 0.5) is 5.69 Å². The number of anilines is 1. The third-order valence-corrected chi connectivity index (χ3v) is 4.80. The van der Waals surface area contributed by atoms with E-state index in [9.17, 15) is 9.59 Å². The highest BCUT2D eigenvalue weighted by atomic mass is 32.2. The molecule has 0 aliphatic carbocycles. The predicted octanol–water partition coefficient (Wildman–Crippen LogP) is 3.28. The Kier molecular flexibility index (Phi) is 5.93. The van der Waals surface area contributed by atoms with Crippen LogP contribution in [-0.2, 0) is 4.79 Å². The van der Waals surface area contributed by atoms with Crippen LogP contribution in [0.5, 0.6) is 5.75 Å². The van der Waals surface area contributed by atoms with E-state index >= 15 is 0 Å². The van der Waals surface area contributed by atoms with Gasteiger partial charge in [-0.05, 0) is 31.2 Å². The van der Waals surface area contributed by atoms with Crippen LogP contribution in [0, 0.1) is 6.92 Å². The lowest BCUT2D eigenvalue weighted by atomic mass is 10.2. The number of nitrogens with one attached hydrogen (secondary N) is 1. The van der Waals surface area contributed by atoms with Crippen molar-refractivity contribution >= 4 is 23.4 Å². The number of hydrogen-bond donors (Lipinski definition) is 1. The Morgan fingerprint density at radius 2 is 1.93 bits per heavy atom. The van der Waals surface area contributed by atoms with Crippen molar-refractivity contribution in [1.29, 1.82) is 0 Å². The van der Waals surface area contributed by atoms with E-state index in [-0.39, 0.29) is 22.2 Å². The molecule has 0 saturated heterocycles. The van der Waals surface area contributed by atoms with Gasteiger partial charge in [0.25, 0.3) is 5.56 Å². The van der Waals surface area contributed by atoms with E-state index in [1.54, 1.807) is 31.6 Å². The van der Waals surface area contributed by atoms with Gasteiger partial charge in [0.15, 0.2) is 5.03 Å². The van der Waals surface area contributed by atoms with E-state index in [1.807, 2.05) is 43.3 Å². The van der Waals surface area contributed by atoms with Crippen molar-refractivity contribution in [2.24, 2.45) is 0 Å². The summed E-state index contributed by atoms with van der Waals surface area (Å²) >= 11 is 1.10. The molecule has 1 amide bonds. The summed E-state index contributed by atoms with van der Waals surface area (Å²) in [5, 5.41) is 3.05. The lowest BCUT2D eigenvalue weighted by Crippen LogP contribution is -2.22. The molecule has 0 fully saturated rings. The third-order valence-electron chi connectivity index (χ3n) is 3.84. The number of carbonyl (C=O) groups is 1. The zero-order valence-corrected chi connectivity index (χ0v) is 15.8. The second kappa shape index (κ2) is 8.55. The number of hydrogen-bond acceptors (Lipinski definition) is 5. The molecule has 0 atom stereocenters. The van der Waals surface area contributed by atoms with Crippen molar-refractivity contribution < 1.29 is 9.53 Å². The van der Waals surface area contributed by atoms with Gasteiger partial charge in [-0.3, -0.25) is 14.2 Å². The van der Waals surface area contributed by atoms with E-state index in [0.717, 1.165) is 23.0 Å². The Labute approximate surface area is 161 Å².